The van der Waals surface area contributed by atoms with Gasteiger partial charge in [-0.15, -0.1) is 0 Å². The van der Waals surface area contributed by atoms with Gasteiger partial charge in [-0.2, -0.15) is 8.78 Å². The van der Waals surface area contributed by atoms with Gasteiger partial charge in [0.05, 0.1) is 0 Å². The van der Waals surface area contributed by atoms with Gasteiger partial charge in [0.15, 0.2) is 0 Å². The van der Waals surface area contributed by atoms with Gasteiger partial charge < -0.3 is 5.11 Å². The first-order valence-electron chi connectivity index (χ1n) is 3.53. The van der Waals surface area contributed by atoms with Gasteiger partial charge in [0.1, 0.15) is 12.1 Å². The summed E-state index contributed by atoms with van der Waals surface area (Å²) in [6.07, 6.45) is -0.0326. The molecule has 1 aromatic rings. The van der Waals surface area contributed by atoms with E-state index >= 15 is 0 Å². The number of carboxylic acids is 1. The molecule has 0 amide bonds. The molecular formula is C8H7F2NO2. The second-order valence-electron chi connectivity index (χ2n) is 2.49. The van der Waals surface area contributed by atoms with Crippen LogP contribution in [0.25, 0.3) is 0 Å². The molecule has 3 nitrogen and oxygen atoms in total. The number of pyridine rings is 1. The summed E-state index contributed by atoms with van der Waals surface area (Å²) in [5.41, 5.74) is -0.516. The van der Waals surface area contributed by atoms with Crippen LogP contribution in [0.5, 0.6) is 0 Å². The number of rotatable bonds is 3. The molecule has 0 unspecified atom stereocenters. The standard InChI is InChI=1S/C8H7F2NO2/c9-8(10,5-7(12)13)6-3-1-2-4-11-6/h1-4H,5H2,(H,12,13). The van der Waals surface area contributed by atoms with Crippen LogP contribution in [0, 0.1) is 0 Å². The van der Waals surface area contributed by atoms with Crippen LogP contribution >= 0.6 is 0 Å². The lowest BCUT2D eigenvalue weighted by molar-refractivity contribution is -0.145. The Hall–Kier alpha value is -1.52. The van der Waals surface area contributed by atoms with Crippen molar-refractivity contribution >= 4 is 5.97 Å². The number of hydrogen-bond acceptors (Lipinski definition) is 2. The van der Waals surface area contributed by atoms with Crippen LogP contribution < -0.4 is 0 Å². The van der Waals surface area contributed by atoms with Crippen molar-refractivity contribution in [1.82, 2.24) is 4.98 Å². The smallest absolute Gasteiger partial charge is 0.309 e. The maximum absolute atomic E-state index is 13.0. The highest BCUT2D eigenvalue weighted by molar-refractivity contribution is 5.68. The molecule has 5 heteroatoms. The maximum Gasteiger partial charge on any atom is 0.309 e. The highest BCUT2D eigenvalue weighted by Gasteiger charge is 2.35. The van der Waals surface area contributed by atoms with E-state index in [0.717, 1.165) is 6.07 Å². The second kappa shape index (κ2) is 3.47. The van der Waals surface area contributed by atoms with E-state index in [1.165, 1.54) is 18.3 Å². The zero-order valence-corrected chi connectivity index (χ0v) is 6.58. The van der Waals surface area contributed by atoms with Crippen molar-refractivity contribution in [3.63, 3.8) is 0 Å². The Morgan fingerprint density at radius 2 is 2.23 bits per heavy atom. The zero-order chi connectivity index (χ0) is 9.90. The third-order valence-electron chi connectivity index (χ3n) is 1.41. The third kappa shape index (κ3) is 2.47. The van der Waals surface area contributed by atoms with Gasteiger partial charge in [-0.05, 0) is 12.1 Å². The average Bonchev–Trinajstić information content (AvgIpc) is 2.04. The Kier molecular flexibility index (Phi) is 2.55. The first-order chi connectivity index (χ1) is 6.02. The molecule has 0 fully saturated rings. The van der Waals surface area contributed by atoms with Crippen molar-refractivity contribution in [3.8, 4) is 0 Å². The number of nitrogens with zero attached hydrogens (tertiary/aromatic N) is 1. The Bertz CT molecular complexity index is 300. The van der Waals surface area contributed by atoms with Crippen molar-refractivity contribution in [2.75, 3.05) is 0 Å². The molecule has 0 spiro atoms. The Morgan fingerprint density at radius 1 is 1.54 bits per heavy atom. The number of halogens is 2. The Morgan fingerprint density at radius 3 is 2.69 bits per heavy atom. The van der Waals surface area contributed by atoms with Crippen LogP contribution in [0.3, 0.4) is 0 Å². The minimum Gasteiger partial charge on any atom is -0.481 e. The molecule has 13 heavy (non-hydrogen) atoms. The summed E-state index contributed by atoms with van der Waals surface area (Å²) in [6.45, 7) is 0. The van der Waals surface area contributed by atoms with Crippen LogP contribution in [0.1, 0.15) is 12.1 Å². The van der Waals surface area contributed by atoms with E-state index in [1.807, 2.05) is 0 Å². The molecule has 0 aliphatic heterocycles. The molecular weight excluding hydrogens is 180 g/mol. The molecule has 0 aromatic carbocycles. The number of aliphatic carboxylic acids is 1. The van der Waals surface area contributed by atoms with Gasteiger partial charge in [-0.25, -0.2) is 0 Å². The van der Waals surface area contributed by atoms with Crippen molar-refractivity contribution < 1.29 is 18.7 Å². The monoisotopic (exact) mass is 187 g/mol. The molecule has 1 aromatic heterocycles. The number of alkyl halides is 2. The minimum atomic E-state index is -3.40. The van der Waals surface area contributed by atoms with Gasteiger partial charge in [-0.1, -0.05) is 6.07 Å². The Balaban J connectivity index is 2.87. The second-order valence-corrected chi connectivity index (χ2v) is 2.49. The van der Waals surface area contributed by atoms with Gasteiger partial charge in [-0.3, -0.25) is 9.78 Å². The maximum atomic E-state index is 13.0. The molecule has 0 bridgehead atoms. The molecule has 0 radical (unpaired) electrons. The molecule has 1 N–H and O–H groups in total. The summed E-state index contributed by atoms with van der Waals surface area (Å²) in [5.74, 6) is -4.94. The van der Waals surface area contributed by atoms with E-state index in [2.05, 4.69) is 4.98 Å². The third-order valence-corrected chi connectivity index (χ3v) is 1.41. The van der Waals surface area contributed by atoms with E-state index in [9.17, 15) is 13.6 Å². The van der Waals surface area contributed by atoms with E-state index in [1.54, 1.807) is 0 Å². The highest BCUT2D eigenvalue weighted by atomic mass is 19.3. The Labute approximate surface area is 73.0 Å². The molecule has 0 atom stereocenters. The molecule has 0 aliphatic carbocycles. The fraction of sp³-hybridized carbons (Fsp3) is 0.250. The van der Waals surface area contributed by atoms with E-state index in [4.69, 9.17) is 5.11 Å². The van der Waals surface area contributed by atoms with Crippen LogP contribution in [-0.4, -0.2) is 16.1 Å². The molecule has 0 aliphatic rings. The van der Waals surface area contributed by atoms with Crippen molar-refractivity contribution in [2.45, 2.75) is 12.3 Å². The number of carbonyl (C=O) groups is 1. The van der Waals surface area contributed by atoms with Gasteiger partial charge >= 0.3 is 5.97 Å². The van der Waals surface area contributed by atoms with Crippen molar-refractivity contribution in [2.24, 2.45) is 0 Å². The van der Waals surface area contributed by atoms with E-state index in [0.29, 0.717) is 0 Å². The molecule has 70 valence electrons. The SMILES string of the molecule is O=C(O)CC(F)(F)c1ccccn1. The predicted molar refractivity (Wildman–Crippen MR) is 40.4 cm³/mol. The molecule has 1 rings (SSSR count). The summed E-state index contributed by atoms with van der Waals surface area (Å²) in [7, 11) is 0. The quantitative estimate of drug-likeness (QED) is 0.782. The average molecular weight is 187 g/mol. The largest absolute Gasteiger partial charge is 0.481 e. The number of aromatic nitrogens is 1. The predicted octanol–water partition coefficient (Wildman–Crippen LogP) is 1.65. The summed E-state index contributed by atoms with van der Waals surface area (Å²) >= 11 is 0. The summed E-state index contributed by atoms with van der Waals surface area (Å²) in [4.78, 5) is 13.5. The normalized spacial score (nSPS) is 11.2. The fourth-order valence-corrected chi connectivity index (χ4v) is 0.860. The first kappa shape index (κ1) is 9.57. The van der Waals surface area contributed by atoms with Gasteiger partial charge in [0, 0.05) is 6.20 Å². The highest BCUT2D eigenvalue weighted by Crippen LogP contribution is 2.29. The van der Waals surface area contributed by atoms with E-state index in [-0.39, 0.29) is 0 Å². The van der Waals surface area contributed by atoms with Crippen molar-refractivity contribution in [3.05, 3.63) is 30.1 Å². The summed E-state index contributed by atoms with van der Waals surface area (Å²) < 4.78 is 25.9. The van der Waals surface area contributed by atoms with Gasteiger partial charge in [0.25, 0.3) is 5.92 Å². The fourth-order valence-electron chi connectivity index (χ4n) is 0.860. The summed E-state index contributed by atoms with van der Waals surface area (Å²) in [5, 5.41) is 8.20. The van der Waals surface area contributed by atoms with Crippen LogP contribution in [-0.2, 0) is 10.7 Å². The number of hydrogen-bond donors (Lipinski definition) is 1. The van der Waals surface area contributed by atoms with Crippen LogP contribution in [0.4, 0.5) is 8.78 Å². The van der Waals surface area contributed by atoms with Crippen LogP contribution in [0.2, 0.25) is 0 Å². The molecule has 1 heterocycles. The van der Waals surface area contributed by atoms with Crippen LogP contribution in [0.15, 0.2) is 24.4 Å². The lowest BCUT2D eigenvalue weighted by atomic mass is 10.1. The lowest BCUT2D eigenvalue weighted by Crippen LogP contribution is -2.19. The molecule has 0 saturated carbocycles. The lowest BCUT2D eigenvalue weighted by Gasteiger charge is -2.12. The zero-order valence-electron chi connectivity index (χ0n) is 6.58. The van der Waals surface area contributed by atoms with Crippen molar-refractivity contribution in [1.29, 1.82) is 0 Å². The molecule has 0 saturated heterocycles. The minimum absolute atomic E-state index is 0.516. The topological polar surface area (TPSA) is 50.2 Å². The summed E-state index contributed by atoms with van der Waals surface area (Å²) in [6, 6.07) is 3.97. The number of carboxylic acid groups (broad SMARTS) is 1. The first-order valence-corrected chi connectivity index (χ1v) is 3.53. The van der Waals surface area contributed by atoms with E-state index < -0.39 is 24.0 Å². The van der Waals surface area contributed by atoms with Gasteiger partial charge in [0.2, 0.25) is 0 Å².